The fraction of sp³-hybridized carbons (Fsp3) is 0.0274. The summed E-state index contributed by atoms with van der Waals surface area (Å²) in [6, 6.07) is 91.5. The molecular formula is C73H52AlN5O3. The van der Waals surface area contributed by atoms with Crippen molar-refractivity contribution in [2.24, 2.45) is 0 Å². The molecule has 0 saturated heterocycles. The Labute approximate surface area is 480 Å². The number of benzene rings is 11. The van der Waals surface area contributed by atoms with Gasteiger partial charge in [-0.05, 0) is 149 Å². The number of fused-ring (bicyclic) bond motifs is 5. The first kappa shape index (κ1) is 50.0. The normalized spacial score (nSPS) is 11.3. The van der Waals surface area contributed by atoms with E-state index in [9.17, 15) is 0 Å². The van der Waals surface area contributed by atoms with E-state index in [0.717, 1.165) is 94.5 Å². The summed E-state index contributed by atoms with van der Waals surface area (Å²) < 4.78 is 20.5. The van der Waals surface area contributed by atoms with Gasteiger partial charge in [-0.15, -0.1) is 0 Å². The molecule has 82 heavy (non-hydrogen) atoms. The second-order valence-electron chi connectivity index (χ2n) is 20.4. The van der Waals surface area contributed by atoms with Gasteiger partial charge in [0.2, 0.25) is 0 Å². The molecule has 0 unspecified atom stereocenters. The van der Waals surface area contributed by atoms with Gasteiger partial charge in [0.15, 0.2) is 0 Å². The summed E-state index contributed by atoms with van der Waals surface area (Å²) in [5.74, 6) is 1.71. The van der Waals surface area contributed by atoms with Gasteiger partial charge in [0.1, 0.15) is 33.8 Å². The van der Waals surface area contributed by atoms with Crippen LogP contribution in [0.2, 0.25) is 0 Å². The summed E-state index contributed by atoms with van der Waals surface area (Å²) in [5, 5.41) is 7.61. The Morgan fingerprint density at radius 1 is 0.305 bits per heavy atom. The van der Waals surface area contributed by atoms with Gasteiger partial charge < -0.3 is 21.2 Å². The van der Waals surface area contributed by atoms with Gasteiger partial charge >= 0.3 is 15.1 Å². The van der Waals surface area contributed by atoms with Crippen molar-refractivity contribution in [1.29, 1.82) is 0 Å². The fourth-order valence-corrected chi connectivity index (χ4v) is 12.5. The first-order valence-corrected chi connectivity index (χ1v) is 28.9. The van der Waals surface area contributed by atoms with Crippen LogP contribution >= 0.6 is 0 Å². The van der Waals surface area contributed by atoms with Crippen molar-refractivity contribution in [3.63, 3.8) is 0 Å². The van der Waals surface area contributed by atoms with E-state index in [2.05, 4.69) is 223 Å². The third-order valence-electron chi connectivity index (χ3n) is 15.3. The highest BCUT2D eigenvalue weighted by molar-refractivity contribution is 6.40. The number of aryl methyl sites for hydroxylation is 2. The molecule has 390 valence electrons. The van der Waals surface area contributed by atoms with Crippen molar-refractivity contribution < 1.29 is 11.4 Å². The molecule has 3 aromatic heterocycles. The van der Waals surface area contributed by atoms with E-state index in [-0.39, 0.29) is 0 Å². The average molecular weight is 1070 g/mol. The van der Waals surface area contributed by atoms with E-state index in [1.807, 2.05) is 66.7 Å². The SMILES string of the molecule is Cc1ccc(N(c2ccc(-c3ccc(N(c4ccc(-c5ccc([O][Al]([O]c6cccc7cccnc67)[O]c6ccc(C)c7cccnc67)c6ncccc56)cc4)c4cccc5ccccc45)cc3)cc2)c2cccc3ccccc23)cc1. The zero-order valence-electron chi connectivity index (χ0n) is 45.1. The monoisotopic (exact) mass is 1070 g/mol. The van der Waals surface area contributed by atoms with Crippen molar-refractivity contribution in [1.82, 2.24) is 15.0 Å². The van der Waals surface area contributed by atoms with Crippen LogP contribution in [0.5, 0.6) is 17.2 Å². The first-order valence-electron chi connectivity index (χ1n) is 27.5. The van der Waals surface area contributed by atoms with Gasteiger partial charge in [-0.25, -0.2) is 0 Å². The van der Waals surface area contributed by atoms with Crippen molar-refractivity contribution >= 4 is 104 Å². The number of para-hydroxylation sites is 1. The molecule has 0 atom stereocenters. The number of aromatic nitrogens is 3. The number of nitrogens with zero attached hydrogens (tertiary/aromatic N) is 5. The van der Waals surface area contributed by atoms with Crippen LogP contribution in [-0.4, -0.2) is 30.1 Å². The molecule has 8 nitrogen and oxygen atoms in total. The molecule has 11 aromatic carbocycles. The van der Waals surface area contributed by atoms with Gasteiger partial charge in [-0.2, -0.15) is 0 Å². The molecule has 3 heterocycles. The molecule has 0 amide bonds. The van der Waals surface area contributed by atoms with Crippen molar-refractivity contribution in [3.8, 4) is 39.5 Å². The summed E-state index contributed by atoms with van der Waals surface area (Å²) in [6.07, 6.45) is 5.33. The third kappa shape index (κ3) is 9.64. The molecule has 0 aliphatic carbocycles. The van der Waals surface area contributed by atoms with Crippen LogP contribution in [0.4, 0.5) is 34.1 Å². The van der Waals surface area contributed by atoms with Crippen LogP contribution < -0.4 is 21.2 Å². The van der Waals surface area contributed by atoms with E-state index in [1.165, 1.54) is 21.7 Å². The van der Waals surface area contributed by atoms with Crippen LogP contribution in [-0.2, 0) is 0 Å². The molecule has 0 N–H and O–H groups in total. The molecular weight excluding hydrogens is 1020 g/mol. The van der Waals surface area contributed by atoms with Crippen LogP contribution in [0.15, 0.2) is 279 Å². The maximum Gasteiger partial charge on any atom is 1.20 e. The van der Waals surface area contributed by atoms with Gasteiger partial charge in [0.25, 0.3) is 0 Å². The molecule has 0 bridgehead atoms. The fourth-order valence-electron chi connectivity index (χ4n) is 11.2. The second-order valence-corrected chi connectivity index (χ2v) is 21.7. The Balaban J connectivity index is 0.787. The minimum atomic E-state index is -3.12. The minimum absolute atomic E-state index is 0.553. The highest BCUT2D eigenvalue weighted by Gasteiger charge is 2.46. The van der Waals surface area contributed by atoms with Crippen LogP contribution in [0.3, 0.4) is 0 Å². The summed E-state index contributed by atoms with van der Waals surface area (Å²) >= 11 is -3.12. The van der Waals surface area contributed by atoms with Gasteiger partial charge in [-0.1, -0.05) is 169 Å². The third-order valence-corrected chi connectivity index (χ3v) is 16.6. The molecule has 0 saturated carbocycles. The lowest BCUT2D eigenvalue weighted by molar-refractivity contribution is 0.311. The highest BCUT2D eigenvalue weighted by Crippen LogP contribution is 2.44. The quantitative estimate of drug-likeness (QED) is 0.0998. The summed E-state index contributed by atoms with van der Waals surface area (Å²) in [4.78, 5) is 19.0. The molecule has 14 rings (SSSR count). The maximum atomic E-state index is 6.91. The lowest BCUT2D eigenvalue weighted by atomic mass is 9.99. The topological polar surface area (TPSA) is 72.8 Å². The van der Waals surface area contributed by atoms with E-state index < -0.39 is 15.1 Å². The molecule has 0 aliphatic rings. The number of hydrogen-bond acceptors (Lipinski definition) is 8. The largest absolute Gasteiger partial charge is 1.20 e. The lowest BCUT2D eigenvalue weighted by Gasteiger charge is -2.28. The smallest absolute Gasteiger partial charge is 0.576 e. The Bertz CT molecular complexity index is 4640. The predicted octanol–water partition coefficient (Wildman–Crippen LogP) is 19.0. The minimum Gasteiger partial charge on any atom is -0.576 e. The van der Waals surface area contributed by atoms with Gasteiger partial charge in [0.05, 0.1) is 11.4 Å². The number of pyridine rings is 3. The Kier molecular flexibility index (Phi) is 13.2. The van der Waals surface area contributed by atoms with Crippen LogP contribution in [0.25, 0.3) is 76.5 Å². The van der Waals surface area contributed by atoms with E-state index in [0.29, 0.717) is 22.8 Å². The number of anilines is 6. The molecule has 0 spiro atoms. The zero-order chi connectivity index (χ0) is 54.9. The van der Waals surface area contributed by atoms with E-state index in [4.69, 9.17) is 21.3 Å². The Morgan fingerprint density at radius 2 is 0.707 bits per heavy atom. The molecule has 14 aromatic rings. The second kappa shape index (κ2) is 21.7. The van der Waals surface area contributed by atoms with Gasteiger partial charge in [0, 0.05) is 68.3 Å². The zero-order valence-corrected chi connectivity index (χ0v) is 46.3. The number of rotatable bonds is 14. The first-order chi connectivity index (χ1) is 40.5. The summed E-state index contributed by atoms with van der Waals surface area (Å²) in [7, 11) is 0. The predicted molar refractivity (Wildman–Crippen MR) is 338 cm³/mol. The van der Waals surface area contributed by atoms with Crippen molar-refractivity contribution in [2.45, 2.75) is 13.8 Å². The molecule has 0 fully saturated rings. The molecule has 9 heteroatoms. The summed E-state index contributed by atoms with van der Waals surface area (Å²) in [5.41, 5.74) is 15.3. The Hall–Kier alpha value is -10.3. The van der Waals surface area contributed by atoms with E-state index in [1.54, 1.807) is 18.6 Å². The molecule has 0 aliphatic heterocycles. The van der Waals surface area contributed by atoms with Crippen molar-refractivity contribution in [2.75, 3.05) is 9.80 Å². The van der Waals surface area contributed by atoms with Crippen LogP contribution in [0.1, 0.15) is 11.1 Å². The highest BCUT2D eigenvalue weighted by atomic mass is 27.3. The summed E-state index contributed by atoms with van der Waals surface area (Å²) in [6.45, 7) is 4.20. The van der Waals surface area contributed by atoms with E-state index >= 15 is 0 Å². The number of hydrogen-bond donors (Lipinski definition) is 0. The van der Waals surface area contributed by atoms with Crippen molar-refractivity contribution in [3.05, 3.63) is 291 Å². The molecule has 0 radical (unpaired) electrons. The average Bonchev–Trinajstić information content (AvgIpc) is 3.56. The lowest BCUT2D eigenvalue weighted by Crippen LogP contribution is -2.37. The van der Waals surface area contributed by atoms with Gasteiger partial charge in [-0.3, -0.25) is 15.0 Å². The Morgan fingerprint density at radius 3 is 1.28 bits per heavy atom. The maximum absolute atomic E-state index is 6.91. The standard InChI is InChI=1S/C54H39N3O.C10H9NO.C9H7NO.Al/c1-37-18-26-43(27-19-37)56(51-16-6-11-40-9-2-4-13-48(40)51)44-28-20-38(21-29-44)39-22-30-45(31-23-39)57(52-17-7-12-41-10-3-5-14-49(41)52)46-32-24-42(25-33-46)47-34-35-53(58)54-50(47)15-8-36-55-54;1-7-4-5-9(12)10-8(7)3-2-6-11-10;11-8-5-1-3-7-4-2-6-10-9(7)8;/h2-36,58H,1H3;2-6,12H,1H3;1-6,11H;/q;;;+3/p-3. The van der Waals surface area contributed by atoms with Crippen LogP contribution in [0, 0.1) is 13.8 Å².